The molecule has 1 aliphatic rings. The van der Waals surface area contributed by atoms with Crippen LogP contribution in [0, 0.1) is 5.41 Å². The summed E-state index contributed by atoms with van der Waals surface area (Å²) in [7, 11) is 0. The molecule has 1 aromatic rings. The van der Waals surface area contributed by atoms with Crippen LogP contribution in [0.1, 0.15) is 12.0 Å². The van der Waals surface area contributed by atoms with Crippen molar-refractivity contribution >= 4 is 17.3 Å². The Morgan fingerprint density at radius 1 is 1.71 bits per heavy atom. The maximum Gasteiger partial charge on any atom is 0.311 e. The Hall–Kier alpha value is -0.870. The predicted octanol–water partition coefficient (Wildman–Crippen LogP) is 1.35. The smallest absolute Gasteiger partial charge is 0.311 e. The van der Waals surface area contributed by atoms with Crippen molar-refractivity contribution in [3.05, 3.63) is 22.4 Å². The largest absolute Gasteiger partial charge is 0.481 e. The number of rotatable bonds is 3. The standard InChI is InChI=1S/C10H13NO2S/c12-9(13)10(2-3-11-7-10)5-8-1-4-14-6-8/h1,4,6,11H,2-3,5,7H2,(H,12,13). The summed E-state index contributed by atoms with van der Waals surface area (Å²) in [6.07, 6.45) is 1.39. The van der Waals surface area contributed by atoms with Gasteiger partial charge in [0.05, 0.1) is 5.41 Å². The average Bonchev–Trinajstić information content (AvgIpc) is 2.76. The summed E-state index contributed by atoms with van der Waals surface area (Å²) >= 11 is 1.62. The van der Waals surface area contributed by atoms with Crippen LogP contribution in [0.15, 0.2) is 16.8 Å². The van der Waals surface area contributed by atoms with E-state index < -0.39 is 11.4 Å². The molecule has 0 bridgehead atoms. The summed E-state index contributed by atoms with van der Waals surface area (Å²) in [6, 6.07) is 2.01. The molecule has 0 aliphatic carbocycles. The van der Waals surface area contributed by atoms with Gasteiger partial charge in [0.15, 0.2) is 0 Å². The van der Waals surface area contributed by atoms with Gasteiger partial charge in [0.2, 0.25) is 0 Å². The minimum absolute atomic E-state index is 0.568. The first-order chi connectivity index (χ1) is 6.73. The van der Waals surface area contributed by atoms with E-state index in [1.165, 1.54) is 0 Å². The van der Waals surface area contributed by atoms with E-state index in [1.807, 2.05) is 16.8 Å². The van der Waals surface area contributed by atoms with Crippen molar-refractivity contribution in [2.75, 3.05) is 13.1 Å². The minimum Gasteiger partial charge on any atom is -0.481 e. The van der Waals surface area contributed by atoms with Crippen LogP contribution in [0.2, 0.25) is 0 Å². The summed E-state index contributed by atoms with van der Waals surface area (Å²) in [4.78, 5) is 11.2. The van der Waals surface area contributed by atoms with Crippen molar-refractivity contribution in [1.29, 1.82) is 0 Å². The van der Waals surface area contributed by atoms with E-state index in [0.717, 1.165) is 18.5 Å². The fraction of sp³-hybridized carbons (Fsp3) is 0.500. The maximum atomic E-state index is 11.2. The number of carbonyl (C=O) groups is 1. The second kappa shape index (κ2) is 3.71. The summed E-state index contributed by atoms with van der Waals surface area (Å²) in [5.41, 5.74) is 0.572. The Morgan fingerprint density at radius 2 is 2.57 bits per heavy atom. The third-order valence-electron chi connectivity index (χ3n) is 2.82. The molecule has 0 radical (unpaired) electrons. The molecule has 14 heavy (non-hydrogen) atoms. The molecule has 0 amide bonds. The quantitative estimate of drug-likeness (QED) is 0.793. The molecule has 2 heterocycles. The van der Waals surface area contributed by atoms with Crippen LogP contribution in [0.25, 0.3) is 0 Å². The van der Waals surface area contributed by atoms with Gasteiger partial charge in [0.1, 0.15) is 0 Å². The zero-order chi connectivity index (χ0) is 10.0. The summed E-state index contributed by atoms with van der Waals surface area (Å²) in [5, 5.41) is 16.4. The molecule has 2 N–H and O–H groups in total. The van der Waals surface area contributed by atoms with E-state index in [1.54, 1.807) is 11.3 Å². The lowest BCUT2D eigenvalue weighted by molar-refractivity contribution is -0.147. The summed E-state index contributed by atoms with van der Waals surface area (Å²) in [5.74, 6) is -0.672. The number of hydrogen-bond donors (Lipinski definition) is 2. The third-order valence-corrected chi connectivity index (χ3v) is 3.55. The molecular weight excluding hydrogens is 198 g/mol. The van der Waals surface area contributed by atoms with E-state index in [-0.39, 0.29) is 0 Å². The Bertz CT molecular complexity index is 315. The lowest BCUT2D eigenvalue weighted by atomic mass is 9.81. The molecule has 0 aromatic carbocycles. The van der Waals surface area contributed by atoms with Gasteiger partial charge in [-0.2, -0.15) is 11.3 Å². The van der Waals surface area contributed by atoms with E-state index in [9.17, 15) is 9.90 Å². The van der Waals surface area contributed by atoms with Crippen LogP contribution in [0.3, 0.4) is 0 Å². The average molecular weight is 211 g/mol. The molecule has 4 heteroatoms. The molecule has 1 atom stereocenters. The van der Waals surface area contributed by atoms with Crippen LogP contribution in [0.5, 0.6) is 0 Å². The monoisotopic (exact) mass is 211 g/mol. The Morgan fingerprint density at radius 3 is 3.07 bits per heavy atom. The zero-order valence-electron chi connectivity index (χ0n) is 7.82. The zero-order valence-corrected chi connectivity index (χ0v) is 8.64. The normalized spacial score (nSPS) is 26.6. The molecule has 0 spiro atoms. The molecular formula is C10H13NO2S. The van der Waals surface area contributed by atoms with E-state index in [0.29, 0.717) is 13.0 Å². The molecule has 1 fully saturated rings. The van der Waals surface area contributed by atoms with Crippen LogP contribution in [-0.2, 0) is 11.2 Å². The van der Waals surface area contributed by atoms with Crippen molar-refractivity contribution in [2.24, 2.45) is 5.41 Å². The fourth-order valence-electron chi connectivity index (χ4n) is 1.94. The Labute approximate surface area is 86.8 Å². The highest BCUT2D eigenvalue weighted by molar-refractivity contribution is 7.07. The van der Waals surface area contributed by atoms with E-state index in [4.69, 9.17) is 0 Å². The molecule has 0 saturated carbocycles. The highest BCUT2D eigenvalue weighted by atomic mass is 32.1. The van der Waals surface area contributed by atoms with Crippen LogP contribution >= 0.6 is 11.3 Å². The third kappa shape index (κ3) is 1.67. The van der Waals surface area contributed by atoms with Crippen molar-refractivity contribution < 1.29 is 9.90 Å². The van der Waals surface area contributed by atoms with Gasteiger partial charge in [0, 0.05) is 6.54 Å². The van der Waals surface area contributed by atoms with Gasteiger partial charge in [-0.05, 0) is 41.8 Å². The molecule has 3 nitrogen and oxygen atoms in total. The van der Waals surface area contributed by atoms with Gasteiger partial charge in [-0.3, -0.25) is 4.79 Å². The van der Waals surface area contributed by atoms with Gasteiger partial charge < -0.3 is 10.4 Å². The molecule has 2 rings (SSSR count). The van der Waals surface area contributed by atoms with Gasteiger partial charge in [-0.1, -0.05) is 0 Å². The molecule has 1 aliphatic heterocycles. The number of aliphatic carboxylic acids is 1. The van der Waals surface area contributed by atoms with Crippen molar-refractivity contribution in [3.8, 4) is 0 Å². The van der Waals surface area contributed by atoms with Gasteiger partial charge in [-0.15, -0.1) is 0 Å². The summed E-state index contributed by atoms with van der Waals surface area (Å²) in [6.45, 7) is 1.41. The summed E-state index contributed by atoms with van der Waals surface area (Å²) < 4.78 is 0. The highest BCUT2D eigenvalue weighted by Gasteiger charge is 2.41. The predicted molar refractivity (Wildman–Crippen MR) is 55.6 cm³/mol. The van der Waals surface area contributed by atoms with Crippen molar-refractivity contribution in [1.82, 2.24) is 5.32 Å². The molecule has 76 valence electrons. The first-order valence-electron chi connectivity index (χ1n) is 4.68. The molecule has 1 unspecified atom stereocenters. The van der Waals surface area contributed by atoms with Crippen molar-refractivity contribution in [3.63, 3.8) is 0 Å². The number of carboxylic acid groups (broad SMARTS) is 1. The fourth-order valence-corrected chi connectivity index (χ4v) is 2.61. The highest BCUT2D eigenvalue weighted by Crippen LogP contribution is 2.30. The maximum absolute atomic E-state index is 11.2. The van der Waals surface area contributed by atoms with Crippen LogP contribution < -0.4 is 5.32 Å². The number of hydrogen-bond acceptors (Lipinski definition) is 3. The van der Waals surface area contributed by atoms with Gasteiger partial charge in [-0.25, -0.2) is 0 Å². The molecule has 1 saturated heterocycles. The topological polar surface area (TPSA) is 49.3 Å². The van der Waals surface area contributed by atoms with E-state index >= 15 is 0 Å². The number of carboxylic acids is 1. The van der Waals surface area contributed by atoms with Gasteiger partial charge >= 0.3 is 5.97 Å². The van der Waals surface area contributed by atoms with Crippen LogP contribution in [-0.4, -0.2) is 24.2 Å². The number of thiophene rings is 1. The number of nitrogens with one attached hydrogen (secondary N) is 1. The Kier molecular flexibility index (Phi) is 2.56. The van der Waals surface area contributed by atoms with Crippen molar-refractivity contribution in [2.45, 2.75) is 12.8 Å². The lowest BCUT2D eigenvalue weighted by Gasteiger charge is -2.22. The first kappa shape index (κ1) is 9.68. The SMILES string of the molecule is O=C(O)C1(Cc2ccsc2)CCNC1. The minimum atomic E-state index is -0.672. The second-order valence-corrected chi connectivity index (χ2v) is 4.60. The van der Waals surface area contributed by atoms with Crippen LogP contribution in [0.4, 0.5) is 0 Å². The second-order valence-electron chi connectivity index (χ2n) is 3.82. The lowest BCUT2D eigenvalue weighted by Crippen LogP contribution is -2.35. The molecule has 1 aromatic heterocycles. The van der Waals surface area contributed by atoms with E-state index in [2.05, 4.69) is 5.32 Å². The van der Waals surface area contributed by atoms with Gasteiger partial charge in [0.25, 0.3) is 0 Å². The Balaban J connectivity index is 2.16. The first-order valence-corrected chi connectivity index (χ1v) is 5.62.